The van der Waals surface area contributed by atoms with E-state index in [4.69, 9.17) is 34.8 Å². The summed E-state index contributed by atoms with van der Waals surface area (Å²) in [5, 5.41) is 0.846. The van der Waals surface area contributed by atoms with Crippen molar-refractivity contribution >= 4 is 58.2 Å². The summed E-state index contributed by atoms with van der Waals surface area (Å²) < 4.78 is 0. The first kappa shape index (κ1) is 18.7. The summed E-state index contributed by atoms with van der Waals surface area (Å²) >= 11 is 18.0. The molecule has 0 aliphatic carbocycles. The fraction of sp³-hybridized carbons (Fsp3) is 0.167. The Bertz CT molecular complexity index is 918. The van der Waals surface area contributed by atoms with Gasteiger partial charge < -0.3 is 0 Å². The number of benzene rings is 2. The molecule has 1 aliphatic rings. The average molecular weight is 412 g/mol. The van der Waals surface area contributed by atoms with E-state index in [9.17, 15) is 14.4 Å². The van der Waals surface area contributed by atoms with Crippen LogP contribution in [0.1, 0.15) is 33.2 Å². The Morgan fingerprint density at radius 1 is 0.962 bits per heavy atom. The SMILES string of the molecule is CC(=O)N(CN1C(=O)c2cc(Cl)c(Cl)cc2C1=O)c1ccc(C)c(Cl)c1. The molecule has 2 aromatic rings. The molecule has 1 heterocycles. The van der Waals surface area contributed by atoms with Crippen LogP contribution in [0, 0.1) is 6.92 Å². The number of fused-ring (bicyclic) bond motifs is 1. The smallest absolute Gasteiger partial charge is 0.263 e. The van der Waals surface area contributed by atoms with Crippen molar-refractivity contribution in [2.24, 2.45) is 0 Å². The molecule has 0 saturated carbocycles. The zero-order chi connectivity index (χ0) is 19.2. The van der Waals surface area contributed by atoms with Crippen molar-refractivity contribution < 1.29 is 14.4 Å². The van der Waals surface area contributed by atoms with Crippen LogP contribution in [0.2, 0.25) is 15.1 Å². The highest BCUT2D eigenvalue weighted by Crippen LogP contribution is 2.32. The lowest BCUT2D eigenvalue weighted by atomic mass is 10.1. The third-order valence-corrected chi connectivity index (χ3v) is 5.27. The van der Waals surface area contributed by atoms with E-state index in [1.807, 2.05) is 6.92 Å². The second-order valence-corrected chi connectivity index (χ2v) is 7.09. The monoisotopic (exact) mass is 410 g/mol. The van der Waals surface area contributed by atoms with Crippen molar-refractivity contribution in [1.29, 1.82) is 0 Å². The third kappa shape index (κ3) is 3.18. The lowest BCUT2D eigenvalue weighted by Gasteiger charge is -2.26. The quantitative estimate of drug-likeness (QED) is 0.696. The van der Waals surface area contributed by atoms with Crippen LogP contribution in [0.4, 0.5) is 5.69 Å². The fourth-order valence-corrected chi connectivity index (χ4v) is 3.17. The Morgan fingerprint density at radius 2 is 1.50 bits per heavy atom. The Kier molecular flexibility index (Phi) is 4.97. The summed E-state index contributed by atoms with van der Waals surface area (Å²) in [7, 11) is 0. The lowest BCUT2D eigenvalue weighted by Crippen LogP contribution is -2.43. The zero-order valence-corrected chi connectivity index (χ0v) is 16.1. The molecule has 2 aromatic carbocycles. The number of amides is 3. The van der Waals surface area contributed by atoms with Crippen LogP contribution in [0.5, 0.6) is 0 Å². The van der Waals surface area contributed by atoms with Gasteiger partial charge in [-0.15, -0.1) is 0 Å². The van der Waals surface area contributed by atoms with Crippen molar-refractivity contribution in [2.75, 3.05) is 11.6 Å². The van der Waals surface area contributed by atoms with Gasteiger partial charge in [0.15, 0.2) is 0 Å². The minimum absolute atomic E-state index is 0.162. The van der Waals surface area contributed by atoms with Crippen molar-refractivity contribution in [3.8, 4) is 0 Å². The largest absolute Gasteiger partial charge is 0.294 e. The number of halogens is 3. The number of rotatable bonds is 3. The number of nitrogens with zero attached hydrogens (tertiary/aromatic N) is 2. The summed E-state index contributed by atoms with van der Waals surface area (Å²) in [6.45, 7) is 2.94. The van der Waals surface area contributed by atoms with Crippen LogP contribution < -0.4 is 4.90 Å². The Morgan fingerprint density at radius 3 is 1.96 bits per heavy atom. The maximum absolute atomic E-state index is 12.6. The van der Waals surface area contributed by atoms with Crippen molar-refractivity contribution in [1.82, 2.24) is 4.90 Å². The number of carbonyl (C=O) groups is 3. The number of hydrogen-bond acceptors (Lipinski definition) is 3. The highest BCUT2D eigenvalue weighted by molar-refractivity contribution is 6.43. The van der Waals surface area contributed by atoms with Gasteiger partial charge in [0.05, 0.1) is 21.2 Å². The predicted molar refractivity (Wildman–Crippen MR) is 101 cm³/mol. The van der Waals surface area contributed by atoms with E-state index < -0.39 is 11.8 Å². The molecular formula is C18H13Cl3N2O3. The first-order chi connectivity index (χ1) is 12.2. The van der Waals surface area contributed by atoms with Gasteiger partial charge in [-0.3, -0.25) is 24.2 Å². The fourth-order valence-electron chi connectivity index (χ4n) is 2.67. The van der Waals surface area contributed by atoms with Crippen molar-refractivity contribution in [3.05, 3.63) is 62.1 Å². The van der Waals surface area contributed by atoms with Crippen LogP contribution in [0.3, 0.4) is 0 Å². The molecule has 134 valence electrons. The molecule has 0 fully saturated rings. The third-order valence-electron chi connectivity index (χ3n) is 4.14. The molecule has 0 radical (unpaired) electrons. The summed E-state index contributed by atoms with van der Waals surface area (Å²) in [5.74, 6) is -1.40. The van der Waals surface area contributed by atoms with Crippen molar-refractivity contribution in [2.45, 2.75) is 13.8 Å². The Labute approximate surface area is 165 Å². The first-order valence-electron chi connectivity index (χ1n) is 7.60. The molecule has 26 heavy (non-hydrogen) atoms. The molecule has 0 N–H and O–H groups in total. The molecule has 0 saturated heterocycles. The minimum Gasteiger partial charge on any atom is -0.294 e. The molecule has 0 atom stereocenters. The van der Waals surface area contributed by atoms with Crippen LogP contribution >= 0.6 is 34.8 Å². The molecule has 8 heteroatoms. The van der Waals surface area contributed by atoms with E-state index in [0.29, 0.717) is 10.7 Å². The highest BCUT2D eigenvalue weighted by atomic mass is 35.5. The van der Waals surface area contributed by atoms with Gasteiger partial charge in [0.2, 0.25) is 5.91 Å². The number of hydrogen-bond donors (Lipinski definition) is 0. The van der Waals surface area contributed by atoms with E-state index in [2.05, 4.69) is 0 Å². The molecular weight excluding hydrogens is 399 g/mol. The second kappa shape index (κ2) is 6.91. The molecule has 0 aromatic heterocycles. The Hall–Kier alpha value is -2.08. The maximum Gasteiger partial charge on any atom is 0.263 e. The first-order valence-corrected chi connectivity index (χ1v) is 8.73. The summed E-state index contributed by atoms with van der Waals surface area (Å²) in [6.07, 6.45) is 0. The van der Waals surface area contributed by atoms with E-state index in [0.717, 1.165) is 10.5 Å². The molecule has 0 bridgehead atoms. The topological polar surface area (TPSA) is 57.7 Å². The van der Waals surface area contributed by atoms with Crippen LogP contribution in [-0.4, -0.2) is 29.3 Å². The molecule has 3 amide bonds. The number of carbonyl (C=O) groups excluding carboxylic acids is 3. The molecule has 1 aliphatic heterocycles. The van der Waals surface area contributed by atoms with Crippen LogP contribution in [0.15, 0.2) is 30.3 Å². The van der Waals surface area contributed by atoms with Gasteiger partial charge in [-0.1, -0.05) is 40.9 Å². The van der Waals surface area contributed by atoms with Gasteiger partial charge in [-0.25, -0.2) is 0 Å². The van der Waals surface area contributed by atoms with Crippen LogP contribution in [0.25, 0.3) is 0 Å². The average Bonchev–Trinajstić information content (AvgIpc) is 2.79. The second-order valence-electron chi connectivity index (χ2n) is 5.87. The maximum atomic E-state index is 12.6. The molecule has 3 rings (SSSR count). The summed E-state index contributed by atoms with van der Waals surface area (Å²) in [5.41, 5.74) is 1.66. The van der Waals surface area contributed by atoms with Crippen molar-refractivity contribution in [3.63, 3.8) is 0 Å². The minimum atomic E-state index is -0.534. The highest BCUT2D eigenvalue weighted by Gasteiger charge is 2.38. The number of anilines is 1. The van der Waals surface area contributed by atoms with E-state index in [-0.39, 0.29) is 33.7 Å². The van der Waals surface area contributed by atoms with E-state index >= 15 is 0 Å². The van der Waals surface area contributed by atoms with E-state index in [1.54, 1.807) is 18.2 Å². The van der Waals surface area contributed by atoms with Gasteiger partial charge in [-0.2, -0.15) is 0 Å². The van der Waals surface area contributed by atoms with Gasteiger partial charge in [-0.05, 0) is 36.8 Å². The van der Waals surface area contributed by atoms with E-state index in [1.165, 1.54) is 24.0 Å². The lowest BCUT2D eigenvalue weighted by molar-refractivity contribution is -0.116. The van der Waals surface area contributed by atoms with Gasteiger partial charge in [0.25, 0.3) is 11.8 Å². The molecule has 0 unspecified atom stereocenters. The molecule has 0 spiro atoms. The van der Waals surface area contributed by atoms with Crippen LogP contribution in [-0.2, 0) is 4.79 Å². The molecule has 5 nitrogen and oxygen atoms in total. The zero-order valence-electron chi connectivity index (χ0n) is 13.8. The van der Waals surface area contributed by atoms with Gasteiger partial charge in [0, 0.05) is 17.6 Å². The Balaban J connectivity index is 1.96. The summed E-state index contributed by atoms with van der Waals surface area (Å²) in [4.78, 5) is 39.6. The number of aryl methyl sites for hydroxylation is 1. The van der Waals surface area contributed by atoms with Gasteiger partial charge in [0.1, 0.15) is 6.67 Å². The van der Waals surface area contributed by atoms with Gasteiger partial charge >= 0.3 is 0 Å². The predicted octanol–water partition coefficient (Wildman–Crippen LogP) is 4.56. The normalized spacial score (nSPS) is 13.2. The summed E-state index contributed by atoms with van der Waals surface area (Å²) in [6, 6.07) is 7.80. The number of imide groups is 1. The standard InChI is InChI=1S/C18H13Cl3N2O3/c1-9-3-4-11(5-14(9)19)22(10(2)24)8-23-17(25)12-6-15(20)16(21)7-13(12)18(23)26/h3-7H,8H2,1-2H3.